The normalized spacial score (nSPS) is 14.9. The van der Waals surface area contributed by atoms with E-state index in [1.165, 1.54) is 5.69 Å². The number of aromatic nitrogens is 5. The predicted molar refractivity (Wildman–Crippen MR) is 116 cm³/mol. The summed E-state index contributed by atoms with van der Waals surface area (Å²) >= 11 is 0. The van der Waals surface area contributed by atoms with Gasteiger partial charge in [-0.15, -0.1) is 10.2 Å². The molecule has 4 rings (SSSR count). The number of carbonyl (C=O) groups is 2. The number of alkyl halides is 6. The van der Waals surface area contributed by atoms with Crippen molar-refractivity contribution in [3.63, 3.8) is 0 Å². The van der Waals surface area contributed by atoms with Crippen molar-refractivity contribution in [3.8, 4) is 0 Å². The number of imidazole rings is 1. The summed E-state index contributed by atoms with van der Waals surface area (Å²) in [6, 6.07) is 6.17. The molecule has 4 heterocycles. The molecular weight excluding hydrogens is 514 g/mol. The molecule has 1 aliphatic rings. The van der Waals surface area contributed by atoms with Crippen molar-refractivity contribution < 1.29 is 46.1 Å². The molecule has 0 radical (unpaired) electrons. The van der Waals surface area contributed by atoms with Gasteiger partial charge < -0.3 is 19.2 Å². The van der Waals surface area contributed by atoms with Gasteiger partial charge in [0.15, 0.2) is 0 Å². The Bertz CT molecular complexity index is 1170. The minimum absolute atomic E-state index is 0.530. The molecule has 0 spiro atoms. The summed E-state index contributed by atoms with van der Waals surface area (Å²) in [5, 5.41) is 22.5. The predicted octanol–water partition coefficient (Wildman–Crippen LogP) is 3.42. The lowest BCUT2D eigenvalue weighted by Crippen LogP contribution is -2.33. The molecule has 16 heteroatoms. The first-order chi connectivity index (χ1) is 17.1. The van der Waals surface area contributed by atoms with E-state index in [1.807, 2.05) is 13.1 Å². The maximum absolute atomic E-state index is 10.6. The molecule has 3 aromatic heterocycles. The molecular formula is C21H24F6N6O4. The number of hydrogen-bond donors (Lipinski definition) is 2. The van der Waals surface area contributed by atoms with Crippen LogP contribution in [0.1, 0.15) is 36.0 Å². The third-order valence-corrected chi connectivity index (χ3v) is 5.39. The first-order valence-corrected chi connectivity index (χ1v) is 10.7. The van der Waals surface area contributed by atoms with Gasteiger partial charge in [0.25, 0.3) is 0 Å². The number of rotatable bonds is 3. The number of hydrogen-bond acceptors (Lipinski definition) is 6. The van der Waals surface area contributed by atoms with Gasteiger partial charge in [0, 0.05) is 25.7 Å². The molecule has 2 N–H and O–H groups in total. The highest BCUT2D eigenvalue weighted by Crippen LogP contribution is 2.27. The third kappa shape index (κ3) is 8.44. The van der Waals surface area contributed by atoms with E-state index in [0.29, 0.717) is 5.92 Å². The van der Waals surface area contributed by atoms with Gasteiger partial charge in [-0.1, -0.05) is 6.07 Å². The molecule has 10 nitrogen and oxygen atoms in total. The van der Waals surface area contributed by atoms with Crippen molar-refractivity contribution in [2.75, 3.05) is 13.1 Å². The van der Waals surface area contributed by atoms with Crippen LogP contribution in [0.5, 0.6) is 0 Å². The fourth-order valence-corrected chi connectivity index (χ4v) is 3.58. The Morgan fingerprint density at radius 1 is 1.03 bits per heavy atom. The van der Waals surface area contributed by atoms with Crippen LogP contribution in [0.2, 0.25) is 0 Å². The first-order valence-electron chi connectivity index (χ1n) is 10.7. The fourth-order valence-electron chi connectivity index (χ4n) is 3.58. The molecule has 0 unspecified atom stereocenters. The standard InChI is InChI=1S/C17H22N6.2C2HF3O2/c1-13-15(23-8-4-3-5-16(23)19-13)11-22-9-6-14(7-10-22)17-20-18-12-21(17)2;2*3-2(4,5)1(6)7/h3-5,8,12,14H,6-7,9-11H2,1-2H3;2*(H,6,7). The van der Waals surface area contributed by atoms with Crippen molar-refractivity contribution in [2.24, 2.45) is 7.05 Å². The highest BCUT2D eigenvalue weighted by molar-refractivity contribution is 5.73. The number of fused-ring (bicyclic) bond motifs is 1. The zero-order valence-electron chi connectivity index (χ0n) is 19.7. The van der Waals surface area contributed by atoms with Crippen LogP contribution in [-0.4, -0.2) is 76.6 Å². The van der Waals surface area contributed by atoms with Gasteiger partial charge in [-0.05, 0) is 45.0 Å². The van der Waals surface area contributed by atoms with E-state index in [1.54, 1.807) is 6.33 Å². The number of nitrogens with zero attached hydrogens (tertiary/aromatic N) is 6. The Balaban J connectivity index is 0.000000286. The largest absolute Gasteiger partial charge is 0.490 e. The number of carboxylic acid groups (broad SMARTS) is 2. The van der Waals surface area contributed by atoms with Crippen LogP contribution >= 0.6 is 0 Å². The van der Waals surface area contributed by atoms with E-state index in [-0.39, 0.29) is 0 Å². The fraction of sp³-hybridized carbons (Fsp3) is 0.476. The van der Waals surface area contributed by atoms with E-state index >= 15 is 0 Å². The van der Waals surface area contributed by atoms with Crippen molar-refractivity contribution >= 4 is 17.6 Å². The van der Waals surface area contributed by atoms with Crippen LogP contribution in [-0.2, 0) is 23.2 Å². The molecule has 0 saturated carbocycles. The Kier molecular flexibility index (Phi) is 9.61. The summed E-state index contributed by atoms with van der Waals surface area (Å²) in [6.07, 6.45) is -3.98. The van der Waals surface area contributed by atoms with E-state index in [4.69, 9.17) is 19.8 Å². The highest BCUT2D eigenvalue weighted by atomic mass is 19.4. The number of piperidine rings is 1. The molecule has 1 aliphatic heterocycles. The lowest BCUT2D eigenvalue weighted by Gasteiger charge is -2.31. The molecule has 0 atom stereocenters. The zero-order chi connectivity index (χ0) is 28.0. The van der Waals surface area contributed by atoms with E-state index in [9.17, 15) is 26.3 Å². The van der Waals surface area contributed by atoms with E-state index in [0.717, 1.165) is 49.6 Å². The van der Waals surface area contributed by atoms with Crippen LogP contribution in [0.4, 0.5) is 26.3 Å². The number of likely N-dealkylation sites (tertiary alicyclic amines) is 1. The Hall–Kier alpha value is -3.69. The summed E-state index contributed by atoms with van der Waals surface area (Å²) in [7, 11) is 2.03. The number of pyridine rings is 1. The summed E-state index contributed by atoms with van der Waals surface area (Å²) < 4.78 is 67.7. The summed E-state index contributed by atoms with van der Waals surface area (Å²) in [6.45, 7) is 5.26. The average Bonchev–Trinajstić information content (AvgIpc) is 3.37. The topological polar surface area (TPSA) is 126 Å². The van der Waals surface area contributed by atoms with Gasteiger partial charge in [-0.25, -0.2) is 14.6 Å². The van der Waals surface area contributed by atoms with E-state index < -0.39 is 24.3 Å². The van der Waals surface area contributed by atoms with Gasteiger partial charge in [0.1, 0.15) is 17.8 Å². The second-order valence-corrected chi connectivity index (χ2v) is 8.03. The highest BCUT2D eigenvalue weighted by Gasteiger charge is 2.38. The molecule has 1 saturated heterocycles. The second kappa shape index (κ2) is 12.0. The lowest BCUT2D eigenvalue weighted by atomic mass is 9.96. The molecule has 0 amide bonds. The molecule has 0 aliphatic carbocycles. The molecule has 37 heavy (non-hydrogen) atoms. The SMILES string of the molecule is Cc1nc2ccccn2c1CN1CCC(c2nncn2C)CC1.O=C(O)C(F)(F)F.O=C(O)C(F)(F)F. The summed E-state index contributed by atoms with van der Waals surface area (Å²) in [5.74, 6) is -3.86. The van der Waals surface area contributed by atoms with Crippen molar-refractivity contribution in [3.05, 3.63) is 47.9 Å². The Labute approximate surface area is 206 Å². The molecule has 1 fully saturated rings. The maximum atomic E-state index is 10.6. The monoisotopic (exact) mass is 538 g/mol. The quantitative estimate of drug-likeness (QED) is 0.486. The van der Waals surface area contributed by atoms with Crippen LogP contribution in [0.3, 0.4) is 0 Å². The molecule has 0 aromatic carbocycles. The van der Waals surface area contributed by atoms with Gasteiger partial charge in [-0.2, -0.15) is 26.3 Å². The second-order valence-electron chi connectivity index (χ2n) is 8.03. The van der Waals surface area contributed by atoms with E-state index in [2.05, 4.69) is 54.3 Å². The smallest absolute Gasteiger partial charge is 0.475 e. The van der Waals surface area contributed by atoms with Gasteiger partial charge in [0.2, 0.25) is 0 Å². The van der Waals surface area contributed by atoms with Crippen molar-refractivity contribution in [1.29, 1.82) is 0 Å². The maximum Gasteiger partial charge on any atom is 0.490 e. The van der Waals surface area contributed by atoms with Crippen LogP contribution in [0.25, 0.3) is 5.65 Å². The van der Waals surface area contributed by atoms with Crippen LogP contribution in [0, 0.1) is 6.92 Å². The minimum atomic E-state index is -5.08. The van der Waals surface area contributed by atoms with Crippen LogP contribution in [0.15, 0.2) is 30.7 Å². The molecule has 0 bridgehead atoms. The van der Waals surface area contributed by atoms with Crippen LogP contribution < -0.4 is 0 Å². The minimum Gasteiger partial charge on any atom is -0.475 e. The average molecular weight is 538 g/mol. The number of carboxylic acids is 2. The molecule has 204 valence electrons. The van der Waals surface area contributed by atoms with Gasteiger partial charge in [0.05, 0.1) is 11.4 Å². The van der Waals surface area contributed by atoms with Crippen molar-refractivity contribution in [2.45, 2.75) is 44.6 Å². The number of aliphatic carboxylic acids is 2. The first kappa shape index (κ1) is 29.5. The van der Waals surface area contributed by atoms with Crippen molar-refractivity contribution in [1.82, 2.24) is 29.0 Å². The zero-order valence-corrected chi connectivity index (χ0v) is 19.7. The number of aryl methyl sites for hydroxylation is 2. The summed E-state index contributed by atoms with van der Waals surface area (Å²) in [4.78, 5) is 25.0. The molecule has 3 aromatic rings. The third-order valence-electron chi connectivity index (χ3n) is 5.39. The lowest BCUT2D eigenvalue weighted by molar-refractivity contribution is -0.193. The Morgan fingerprint density at radius 3 is 2.03 bits per heavy atom. The summed E-state index contributed by atoms with van der Waals surface area (Å²) in [5.41, 5.74) is 3.47. The Morgan fingerprint density at radius 2 is 1.57 bits per heavy atom. The van der Waals surface area contributed by atoms with Gasteiger partial charge >= 0.3 is 24.3 Å². The number of halogens is 6. The van der Waals surface area contributed by atoms with Gasteiger partial charge in [-0.3, -0.25) is 4.90 Å².